The smallest absolute Gasteiger partial charge is 0.252 e. The summed E-state index contributed by atoms with van der Waals surface area (Å²) < 4.78 is 11.5. The number of allylic oxidation sites excluding steroid dienone is 3. The number of ether oxygens (including phenoxy) is 2. The van der Waals surface area contributed by atoms with E-state index in [9.17, 15) is 4.79 Å². The van der Waals surface area contributed by atoms with E-state index < -0.39 is 0 Å². The van der Waals surface area contributed by atoms with Crippen molar-refractivity contribution in [2.45, 2.75) is 51.5 Å². The fraction of sp³-hybridized carbons (Fsp3) is 0.519. The average Bonchev–Trinajstić information content (AvgIpc) is 3.10. The van der Waals surface area contributed by atoms with E-state index >= 15 is 0 Å². The number of carbonyl (C=O) groups excluding carboxylic acids is 1. The minimum absolute atomic E-state index is 0.0207. The highest BCUT2D eigenvalue weighted by molar-refractivity contribution is 6.19. The van der Waals surface area contributed by atoms with Gasteiger partial charge in [0.2, 0.25) is 0 Å². The van der Waals surface area contributed by atoms with Crippen molar-refractivity contribution in [2.75, 3.05) is 39.5 Å². The lowest BCUT2D eigenvalue weighted by molar-refractivity contribution is -0.117. The van der Waals surface area contributed by atoms with Crippen LogP contribution >= 0.6 is 0 Å². The topological polar surface area (TPSA) is 50.8 Å². The summed E-state index contributed by atoms with van der Waals surface area (Å²) in [7, 11) is 0. The van der Waals surface area contributed by atoms with Crippen molar-refractivity contribution in [2.24, 2.45) is 0 Å². The van der Waals surface area contributed by atoms with Crippen LogP contribution in [0, 0.1) is 0 Å². The van der Waals surface area contributed by atoms with Gasteiger partial charge in [-0.05, 0) is 60.6 Å². The molecule has 32 heavy (non-hydrogen) atoms. The highest BCUT2D eigenvalue weighted by Gasteiger charge is 2.30. The normalized spacial score (nSPS) is 20.1. The van der Waals surface area contributed by atoms with E-state index in [1.165, 1.54) is 19.3 Å². The Hall–Kier alpha value is -2.37. The third-order valence-electron chi connectivity index (χ3n) is 6.75. The molecule has 5 heteroatoms. The first-order chi connectivity index (χ1) is 15.7. The second-order valence-corrected chi connectivity index (χ2v) is 8.92. The van der Waals surface area contributed by atoms with E-state index in [1.807, 2.05) is 25.1 Å². The summed E-state index contributed by atoms with van der Waals surface area (Å²) in [4.78, 5) is 15.7. The summed E-state index contributed by atoms with van der Waals surface area (Å²) in [6.07, 6.45) is 10.7. The standard InChI is InChI=1S/C27H36N2O3/c1-3-4-10-24-23-12-11-22(32-18-15-29-13-16-31-17-14-29)19-25(23)20(2)26(24)27(30)28-21-8-6-5-7-9-21/h3-4,11-12,19,21H,2,5-10,13-18H2,1H3,(H,28,30)/b4-3-. The molecule has 0 atom stereocenters. The van der Waals surface area contributed by atoms with E-state index in [0.29, 0.717) is 6.61 Å². The van der Waals surface area contributed by atoms with Gasteiger partial charge in [-0.25, -0.2) is 0 Å². The Morgan fingerprint density at radius 2 is 2.00 bits per heavy atom. The second kappa shape index (κ2) is 11.0. The SMILES string of the molecule is C=C1C(C(=O)NC2CCCCC2)=C(C/C=C\C)c2ccc(OCCN3CCOCC3)cc21. The van der Waals surface area contributed by atoms with E-state index in [4.69, 9.17) is 9.47 Å². The number of hydrogen-bond donors (Lipinski definition) is 1. The van der Waals surface area contributed by atoms with Crippen molar-refractivity contribution >= 4 is 17.1 Å². The van der Waals surface area contributed by atoms with Crippen LogP contribution in [-0.4, -0.2) is 56.3 Å². The van der Waals surface area contributed by atoms with Crippen LogP contribution in [-0.2, 0) is 9.53 Å². The lowest BCUT2D eigenvalue weighted by Gasteiger charge is -2.26. The molecule has 0 unspecified atom stereocenters. The number of nitrogens with one attached hydrogen (secondary N) is 1. The fourth-order valence-electron chi connectivity index (χ4n) is 4.92. The van der Waals surface area contributed by atoms with Gasteiger partial charge >= 0.3 is 0 Å². The Balaban J connectivity index is 1.47. The molecule has 1 aliphatic heterocycles. The molecule has 0 radical (unpaired) electrons. The summed E-state index contributed by atoms with van der Waals surface area (Å²) in [6.45, 7) is 11.4. The van der Waals surface area contributed by atoms with Crippen molar-refractivity contribution in [3.8, 4) is 5.75 Å². The molecule has 1 saturated heterocycles. The quantitative estimate of drug-likeness (QED) is 0.606. The largest absolute Gasteiger partial charge is 0.492 e. The number of rotatable bonds is 8. The van der Waals surface area contributed by atoms with Gasteiger partial charge in [-0.3, -0.25) is 9.69 Å². The fourth-order valence-corrected chi connectivity index (χ4v) is 4.92. The molecular weight excluding hydrogens is 400 g/mol. The molecule has 1 saturated carbocycles. The number of fused-ring (bicyclic) bond motifs is 1. The summed E-state index contributed by atoms with van der Waals surface area (Å²) in [6, 6.07) is 6.43. The van der Waals surface area contributed by atoms with Gasteiger partial charge in [-0.15, -0.1) is 0 Å². The molecule has 4 rings (SSSR count). The summed E-state index contributed by atoms with van der Waals surface area (Å²) in [5, 5.41) is 3.29. The molecule has 2 fully saturated rings. The number of benzene rings is 1. The molecular formula is C27H36N2O3. The summed E-state index contributed by atoms with van der Waals surface area (Å²) >= 11 is 0. The first-order valence-corrected chi connectivity index (χ1v) is 12.1. The van der Waals surface area contributed by atoms with Crippen LogP contribution in [0.4, 0.5) is 0 Å². The molecule has 1 aromatic rings. The molecule has 1 amide bonds. The minimum Gasteiger partial charge on any atom is -0.492 e. The van der Waals surface area contributed by atoms with Gasteiger partial charge in [-0.1, -0.05) is 44.1 Å². The first-order valence-electron chi connectivity index (χ1n) is 12.1. The maximum absolute atomic E-state index is 13.3. The Morgan fingerprint density at radius 3 is 2.75 bits per heavy atom. The number of amides is 1. The van der Waals surface area contributed by atoms with Gasteiger partial charge in [0, 0.05) is 25.7 Å². The van der Waals surface area contributed by atoms with E-state index in [0.717, 1.165) is 85.7 Å². The van der Waals surface area contributed by atoms with Gasteiger partial charge in [0.05, 0.1) is 18.8 Å². The van der Waals surface area contributed by atoms with Crippen molar-refractivity contribution in [3.05, 3.63) is 53.6 Å². The van der Waals surface area contributed by atoms with Crippen LogP contribution in [0.2, 0.25) is 0 Å². The summed E-state index contributed by atoms with van der Waals surface area (Å²) in [5.41, 5.74) is 4.74. The van der Waals surface area contributed by atoms with Crippen molar-refractivity contribution in [1.29, 1.82) is 0 Å². The molecule has 3 aliphatic rings. The van der Waals surface area contributed by atoms with Crippen LogP contribution in [0.5, 0.6) is 5.75 Å². The van der Waals surface area contributed by atoms with Crippen LogP contribution in [0.1, 0.15) is 56.6 Å². The number of hydrogen-bond acceptors (Lipinski definition) is 4. The first kappa shape index (κ1) is 22.8. The Morgan fingerprint density at radius 1 is 1.22 bits per heavy atom. The van der Waals surface area contributed by atoms with Gasteiger partial charge < -0.3 is 14.8 Å². The zero-order valence-corrected chi connectivity index (χ0v) is 19.3. The zero-order chi connectivity index (χ0) is 22.3. The molecule has 5 nitrogen and oxygen atoms in total. The molecule has 172 valence electrons. The highest BCUT2D eigenvalue weighted by Crippen LogP contribution is 2.43. The lowest BCUT2D eigenvalue weighted by atomic mass is 9.94. The number of carbonyl (C=O) groups is 1. The molecule has 0 aromatic heterocycles. The molecule has 0 spiro atoms. The minimum atomic E-state index is 0.0207. The van der Waals surface area contributed by atoms with Crippen molar-refractivity contribution < 1.29 is 14.3 Å². The summed E-state index contributed by atoms with van der Waals surface area (Å²) in [5.74, 6) is 0.852. The Labute approximate surface area is 192 Å². The predicted octanol–water partition coefficient (Wildman–Crippen LogP) is 4.59. The Bertz CT molecular complexity index is 890. The van der Waals surface area contributed by atoms with Crippen LogP contribution in [0.25, 0.3) is 11.1 Å². The van der Waals surface area contributed by atoms with Gasteiger partial charge in [0.1, 0.15) is 12.4 Å². The monoisotopic (exact) mass is 436 g/mol. The molecule has 0 bridgehead atoms. The van der Waals surface area contributed by atoms with Crippen LogP contribution in [0.15, 0.2) is 42.5 Å². The lowest BCUT2D eigenvalue weighted by Crippen LogP contribution is -2.38. The maximum atomic E-state index is 13.3. The van der Waals surface area contributed by atoms with E-state index in [2.05, 4.69) is 28.9 Å². The van der Waals surface area contributed by atoms with Gasteiger partial charge in [0.15, 0.2) is 0 Å². The third-order valence-corrected chi connectivity index (χ3v) is 6.75. The van der Waals surface area contributed by atoms with Crippen LogP contribution in [0.3, 0.4) is 0 Å². The second-order valence-electron chi connectivity index (χ2n) is 8.92. The molecule has 1 heterocycles. The number of nitrogens with zero attached hydrogens (tertiary/aromatic N) is 1. The zero-order valence-electron chi connectivity index (χ0n) is 19.3. The van der Waals surface area contributed by atoms with Gasteiger partial charge in [0.25, 0.3) is 5.91 Å². The molecule has 2 aliphatic carbocycles. The highest BCUT2D eigenvalue weighted by atomic mass is 16.5. The van der Waals surface area contributed by atoms with Gasteiger partial charge in [-0.2, -0.15) is 0 Å². The molecule has 1 aromatic carbocycles. The van der Waals surface area contributed by atoms with Crippen molar-refractivity contribution in [3.63, 3.8) is 0 Å². The Kier molecular flexibility index (Phi) is 7.82. The number of morpholine rings is 1. The average molecular weight is 437 g/mol. The van der Waals surface area contributed by atoms with E-state index in [-0.39, 0.29) is 11.9 Å². The third kappa shape index (κ3) is 5.33. The molecule has 1 N–H and O–H groups in total. The van der Waals surface area contributed by atoms with Crippen LogP contribution < -0.4 is 10.1 Å². The van der Waals surface area contributed by atoms with Crippen molar-refractivity contribution in [1.82, 2.24) is 10.2 Å². The predicted molar refractivity (Wildman–Crippen MR) is 130 cm³/mol. The van der Waals surface area contributed by atoms with E-state index in [1.54, 1.807) is 0 Å². The maximum Gasteiger partial charge on any atom is 0.252 e.